The van der Waals surface area contributed by atoms with Gasteiger partial charge in [-0.2, -0.15) is 0 Å². The van der Waals surface area contributed by atoms with Gasteiger partial charge in [0.05, 0.1) is 0 Å². The molecule has 0 aromatic rings. The first-order valence-electron chi connectivity index (χ1n) is 6.14. The van der Waals surface area contributed by atoms with Gasteiger partial charge in [-0.1, -0.05) is 71.9 Å². The maximum atomic E-state index is 11.4. The molecule has 0 fully saturated rings. The topological polar surface area (TPSA) is 52.6 Å². The average Bonchev–Trinajstić information content (AvgIpc) is 2.34. The molecule has 2 atom stereocenters. The molecule has 0 spiro atoms. The molecule has 0 aliphatic carbocycles. The van der Waals surface area contributed by atoms with Crippen molar-refractivity contribution >= 4 is 57.1 Å². The van der Waals surface area contributed by atoms with Crippen LogP contribution in [0.2, 0.25) is 0 Å². The minimum absolute atomic E-state index is 0.110. The number of alkyl halides is 2. The third-order valence-electron chi connectivity index (χ3n) is 2.17. The Hall–Kier alpha value is 0.400. The lowest BCUT2D eigenvalue weighted by Gasteiger charge is -2.11. The lowest BCUT2D eigenvalue weighted by Crippen LogP contribution is -2.23. The summed E-state index contributed by atoms with van der Waals surface area (Å²) in [4.78, 5) is 22.9. The van der Waals surface area contributed by atoms with Crippen molar-refractivity contribution in [2.24, 2.45) is 0 Å². The van der Waals surface area contributed by atoms with E-state index in [9.17, 15) is 9.59 Å². The highest BCUT2D eigenvalue weighted by atomic mass is 127. The molecule has 0 saturated heterocycles. The third-order valence-corrected chi connectivity index (χ3v) is 4.43. The summed E-state index contributed by atoms with van der Waals surface area (Å²) in [6.45, 7) is 4.33. The molecule has 18 heavy (non-hydrogen) atoms. The molecule has 6 heteroatoms. The standard InChI is InChI=1S/C12H20I2O4/c1-3-5-9(13)11(15)17-7-8-18-12(16)10(14)6-4-2/h9-10H,3-8H2,1-2H3. The Morgan fingerprint density at radius 3 is 1.50 bits per heavy atom. The first kappa shape index (κ1) is 18.4. The van der Waals surface area contributed by atoms with Crippen LogP contribution in [0.1, 0.15) is 39.5 Å². The third kappa shape index (κ3) is 8.49. The number of rotatable bonds is 9. The van der Waals surface area contributed by atoms with Crippen molar-refractivity contribution in [3.63, 3.8) is 0 Å². The van der Waals surface area contributed by atoms with E-state index in [1.165, 1.54) is 0 Å². The van der Waals surface area contributed by atoms with Crippen molar-refractivity contribution in [2.45, 2.75) is 47.4 Å². The van der Waals surface area contributed by atoms with Crippen LogP contribution in [0, 0.1) is 0 Å². The van der Waals surface area contributed by atoms with Crippen LogP contribution in [0.3, 0.4) is 0 Å². The van der Waals surface area contributed by atoms with E-state index < -0.39 is 0 Å². The fourth-order valence-corrected chi connectivity index (χ4v) is 2.81. The number of esters is 2. The van der Waals surface area contributed by atoms with Gasteiger partial charge in [-0.3, -0.25) is 9.59 Å². The summed E-state index contributed by atoms with van der Waals surface area (Å²) in [6.07, 6.45) is 3.52. The van der Waals surface area contributed by atoms with E-state index in [2.05, 4.69) is 45.2 Å². The molecular weight excluding hydrogens is 462 g/mol. The molecule has 0 saturated carbocycles. The van der Waals surface area contributed by atoms with E-state index >= 15 is 0 Å². The van der Waals surface area contributed by atoms with Crippen molar-refractivity contribution < 1.29 is 19.1 Å². The van der Waals surface area contributed by atoms with Crippen LogP contribution in [0.25, 0.3) is 0 Å². The number of ether oxygens (including phenoxy) is 2. The summed E-state index contributed by atoms with van der Waals surface area (Å²) in [5.74, 6) is -0.457. The van der Waals surface area contributed by atoms with E-state index in [-0.39, 0.29) is 33.0 Å². The molecule has 0 amide bonds. The molecule has 0 heterocycles. The predicted octanol–water partition coefficient (Wildman–Crippen LogP) is 3.28. The van der Waals surface area contributed by atoms with Gasteiger partial charge in [-0.25, -0.2) is 0 Å². The molecule has 0 aliphatic rings. The molecule has 0 rings (SSSR count). The number of carbonyl (C=O) groups is 2. The Morgan fingerprint density at radius 2 is 1.22 bits per heavy atom. The Labute approximate surface area is 136 Å². The highest BCUT2D eigenvalue weighted by Crippen LogP contribution is 2.11. The number of hydrogen-bond acceptors (Lipinski definition) is 4. The normalized spacial score (nSPS) is 13.8. The van der Waals surface area contributed by atoms with Crippen LogP contribution in [-0.4, -0.2) is 33.0 Å². The highest BCUT2D eigenvalue weighted by Gasteiger charge is 2.17. The fourth-order valence-electron chi connectivity index (χ4n) is 1.21. The monoisotopic (exact) mass is 482 g/mol. The highest BCUT2D eigenvalue weighted by molar-refractivity contribution is 14.1. The molecule has 0 radical (unpaired) electrons. The lowest BCUT2D eigenvalue weighted by atomic mass is 10.2. The van der Waals surface area contributed by atoms with E-state index in [0.717, 1.165) is 25.7 Å². The first-order valence-corrected chi connectivity index (χ1v) is 8.63. The van der Waals surface area contributed by atoms with Gasteiger partial charge >= 0.3 is 11.9 Å². The maximum Gasteiger partial charge on any atom is 0.319 e. The first-order chi connectivity index (χ1) is 8.52. The van der Waals surface area contributed by atoms with Gasteiger partial charge in [0.25, 0.3) is 0 Å². The van der Waals surface area contributed by atoms with Crippen molar-refractivity contribution in [1.82, 2.24) is 0 Å². The predicted molar refractivity (Wildman–Crippen MR) is 87.4 cm³/mol. The molecule has 0 N–H and O–H groups in total. The quantitative estimate of drug-likeness (QED) is 0.219. The van der Waals surface area contributed by atoms with Gasteiger partial charge < -0.3 is 9.47 Å². The van der Waals surface area contributed by atoms with Crippen molar-refractivity contribution in [2.75, 3.05) is 13.2 Å². The Bertz CT molecular complexity index is 232. The van der Waals surface area contributed by atoms with Crippen molar-refractivity contribution in [1.29, 1.82) is 0 Å². The van der Waals surface area contributed by atoms with Crippen LogP contribution < -0.4 is 0 Å². The smallest absolute Gasteiger partial charge is 0.319 e. The molecule has 0 aromatic heterocycles. The summed E-state index contributed by atoms with van der Waals surface area (Å²) < 4.78 is 9.82. The van der Waals surface area contributed by atoms with Gasteiger partial charge in [0, 0.05) is 0 Å². The number of halogens is 2. The van der Waals surface area contributed by atoms with Crippen molar-refractivity contribution in [3.05, 3.63) is 0 Å². The van der Waals surface area contributed by atoms with Crippen LogP contribution in [0.4, 0.5) is 0 Å². The zero-order chi connectivity index (χ0) is 14.0. The molecule has 0 bridgehead atoms. The van der Waals surface area contributed by atoms with Gasteiger partial charge in [0.1, 0.15) is 21.1 Å². The lowest BCUT2D eigenvalue weighted by molar-refractivity contribution is -0.151. The number of carbonyl (C=O) groups excluding carboxylic acids is 2. The largest absolute Gasteiger partial charge is 0.461 e. The summed E-state index contributed by atoms with van der Waals surface area (Å²) in [5.41, 5.74) is 0. The molecular formula is C12H20I2O4. The summed E-state index contributed by atoms with van der Waals surface area (Å²) in [7, 11) is 0. The second kappa shape index (κ2) is 11.2. The fraction of sp³-hybridized carbons (Fsp3) is 0.833. The van der Waals surface area contributed by atoms with E-state index in [4.69, 9.17) is 9.47 Å². The SMILES string of the molecule is CCCC(I)C(=O)OCCOC(=O)C(I)CCC. The maximum absolute atomic E-state index is 11.4. The van der Waals surface area contributed by atoms with Crippen LogP contribution in [0.5, 0.6) is 0 Å². The second-order valence-corrected chi connectivity index (χ2v) is 6.85. The minimum Gasteiger partial charge on any atom is -0.461 e. The molecule has 4 nitrogen and oxygen atoms in total. The molecule has 2 unspecified atom stereocenters. The number of hydrogen-bond donors (Lipinski definition) is 0. The molecule has 0 aliphatic heterocycles. The van der Waals surface area contributed by atoms with E-state index in [1.54, 1.807) is 0 Å². The Morgan fingerprint density at radius 1 is 0.889 bits per heavy atom. The average molecular weight is 482 g/mol. The molecule has 0 aromatic carbocycles. The van der Waals surface area contributed by atoms with Crippen molar-refractivity contribution in [3.8, 4) is 0 Å². The molecule has 106 valence electrons. The second-order valence-electron chi connectivity index (χ2n) is 3.85. The van der Waals surface area contributed by atoms with E-state index in [1.807, 2.05) is 13.8 Å². The van der Waals surface area contributed by atoms with Crippen LogP contribution in [0.15, 0.2) is 0 Å². The van der Waals surface area contributed by atoms with Gasteiger partial charge in [-0.15, -0.1) is 0 Å². The Kier molecular flexibility index (Phi) is 11.5. The zero-order valence-electron chi connectivity index (χ0n) is 10.8. The van der Waals surface area contributed by atoms with Crippen LogP contribution in [-0.2, 0) is 19.1 Å². The Balaban J connectivity index is 3.67. The van der Waals surface area contributed by atoms with Crippen LogP contribution >= 0.6 is 45.2 Å². The van der Waals surface area contributed by atoms with Gasteiger partial charge in [0.2, 0.25) is 0 Å². The summed E-state index contributed by atoms with van der Waals surface area (Å²) in [6, 6.07) is 0. The van der Waals surface area contributed by atoms with E-state index in [0.29, 0.717) is 0 Å². The zero-order valence-corrected chi connectivity index (χ0v) is 15.1. The summed E-state index contributed by atoms with van der Waals surface area (Å²) in [5, 5.41) is 0. The summed E-state index contributed by atoms with van der Waals surface area (Å²) >= 11 is 4.14. The minimum atomic E-state index is -0.229. The van der Waals surface area contributed by atoms with Gasteiger partial charge in [-0.05, 0) is 12.8 Å². The van der Waals surface area contributed by atoms with Gasteiger partial charge in [0.15, 0.2) is 0 Å².